The molecular formula is C21H26N6O2. The summed E-state index contributed by atoms with van der Waals surface area (Å²) in [5.74, 6) is 2.01. The van der Waals surface area contributed by atoms with Crippen molar-refractivity contribution in [3.8, 4) is 11.5 Å². The molecule has 2 aliphatic rings. The molecule has 1 aromatic carbocycles. The van der Waals surface area contributed by atoms with Gasteiger partial charge in [-0.25, -0.2) is 0 Å². The molecule has 0 radical (unpaired) electrons. The van der Waals surface area contributed by atoms with E-state index in [-0.39, 0.29) is 11.9 Å². The van der Waals surface area contributed by atoms with Gasteiger partial charge in [0.1, 0.15) is 0 Å². The van der Waals surface area contributed by atoms with E-state index in [0.717, 1.165) is 42.6 Å². The molecule has 1 aliphatic carbocycles. The van der Waals surface area contributed by atoms with E-state index in [0.29, 0.717) is 24.2 Å². The van der Waals surface area contributed by atoms with Crippen molar-refractivity contribution in [3.05, 3.63) is 24.4 Å². The van der Waals surface area contributed by atoms with E-state index in [2.05, 4.69) is 34.0 Å². The first-order chi connectivity index (χ1) is 14.1. The lowest BCUT2D eigenvalue weighted by Crippen LogP contribution is -2.49. The van der Waals surface area contributed by atoms with Crippen LogP contribution in [0.1, 0.15) is 39.2 Å². The maximum atomic E-state index is 12.3. The number of fused-ring (bicyclic) bond motifs is 1. The zero-order valence-electron chi connectivity index (χ0n) is 16.9. The van der Waals surface area contributed by atoms with E-state index in [1.54, 1.807) is 0 Å². The number of rotatable bonds is 5. The van der Waals surface area contributed by atoms with Gasteiger partial charge in [-0.3, -0.25) is 9.48 Å². The second-order valence-electron chi connectivity index (χ2n) is 8.37. The van der Waals surface area contributed by atoms with Crippen LogP contribution >= 0.6 is 0 Å². The molecule has 1 saturated heterocycles. The first kappa shape index (κ1) is 18.1. The van der Waals surface area contributed by atoms with E-state index in [1.165, 1.54) is 12.8 Å². The maximum Gasteiger partial charge on any atom is 0.266 e. The Morgan fingerprint density at radius 1 is 1.21 bits per heavy atom. The normalized spacial score (nSPS) is 17.5. The molecule has 3 heterocycles. The summed E-state index contributed by atoms with van der Waals surface area (Å²) in [6.45, 7) is 7.12. The van der Waals surface area contributed by atoms with Crippen LogP contribution in [0.5, 0.6) is 0 Å². The van der Waals surface area contributed by atoms with Gasteiger partial charge in [0.25, 0.3) is 11.8 Å². The lowest BCUT2D eigenvalue weighted by atomic mass is 10.1. The molecule has 1 amide bonds. The third-order valence-corrected chi connectivity index (χ3v) is 5.83. The number of amides is 1. The van der Waals surface area contributed by atoms with Gasteiger partial charge in [0, 0.05) is 49.6 Å². The number of aromatic nitrogens is 4. The Balaban J connectivity index is 1.29. The number of piperazine rings is 1. The molecule has 2 aromatic heterocycles. The van der Waals surface area contributed by atoms with Gasteiger partial charge in [0.05, 0.1) is 11.7 Å². The molecule has 0 spiro atoms. The molecule has 0 N–H and O–H groups in total. The van der Waals surface area contributed by atoms with Gasteiger partial charge in [-0.05, 0) is 49.9 Å². The number of carbonyl (C=O) groups excluding carboxylic acids is 1. The molecule has 0 bridgehead atoms. The van der Waals surface area contributed by atoms with Crippen LogP contribution < -0.4 is 4.90 Å². The highest BCUT2D eigenvalue weighted by atomic mass is 16.5. The highest BCUT2D eigenvalue weighted by Crippen LogP contribution is 2.33. The number of carbonyl (C=O) groups is 1. The van der Waals surface area contributed by atoms with E-state index < -0.39 is 0 Å². The van der Waals surface area contributed by atoms with Crippen molar-refractivity contribution in [2.24, 2.45) is 5.92 Å². The van der Waals surface area contributed by atoms with Gasteiger partial charge in [-0.15, -0.1) is 0 Å². The number of anilines is 1. The average Bonchev–Trinajstić information content (AvgIpc) is 3.24. The summed E-state index contributed by atoms with van der Waals surface area (Å²) in [4.78, 5) is 21.0. The third-order valence-electron chi connectivity index (χ3n) is 5.83. The molecule has 0 atom stereocenters. The second kappa shape index (κ2) is 7.17. The molecule has 8 heteroatoms. The fourth-order valence-electron chi connectivity index (χ4n) is 3.90. The highest BCUT2D eigenvalue weighted by molar-refractivity contribution is 5.83. The van der Waals surface area contributed by atoms with Crippen molar-refractivity contribution in [2.75, 3.05) is 31.1 Å². The summed E-state index contributed by atoms with van der Waals surface area (Å²) in [5.41, 5.74) is 1.94. The molecule has 1 saturated carbocycles. The van der Waals surface area contributed by atoms with Crippen molar-refractivity contribution in [3.63, 3.8) is 0 Å². The van der Waals surface area contributed by atoms with Crippen molar-refractivity contribution >= 4 is 22.8 Å². The highest BCUT2D eigenvalue weighted by Gasteiger charge is 2.29. The molecule has 5 rings (SSSR count). The van der Waals surface area contributed by atoms with Crippen LogP contribution in [-0.2, 0) is 4.79 Å². The quantitative estimate of drug-likeness (QED) is 0.661. The van der Waals surface area contributed by atoms with Gasteiger partial charge in [-0.2, -0.15) is 10.1 Å². The predicted molar refractivity (Wildman–Crippen MR) is 110 cm³/mol. The van der Waals surface area contributed by atoms with E-state index in [1.807, 2.05) is 34.0 Å². The Kier molecular flexibility index (Phi) is 4.49. The lowest BCUT2D eigenvalue weighted by molar-refractivity contribution is -0.131. The largest absolute Gasteiger partial charge is 0.339 e. The first-order valence-corrected chi connectivity index (χ1v) is 10.4. The van der Waals surface area contributed by atoms with Crippen LogP contribution in [0.4, 0.5) is 5.95 Å². The monoisotopic (exact) mass is 394 g/mol. The molecule has 152 valence electrons. The summed E-state index contributed by atoms with van der Waals surface area (Å²) in [6.07, 6.45) is 5.01. The van der Waals surface area contributed by atoms with Crippen molar-refractivity contribution in [1.29, 1.82) is 0 Å². The molecule has 1 aliphatic heterocycles. The minimum absolute atomic E-state index is 0.278. The Labute approximate surface area is 169 Å². The maximum absolute atomic E-state index is 12.3. The lowest BCUT2D eigenvalue weighted by Gasteiger charge is -2.34. The number of hydrogen-bond donors (Lipinski definition) is 0. The van der Waals surface area contributed by atoms with E-state index in [9.17, 15) is 4.79 Å². The SMILES string of the molecule is CC(C)n1ncc2ccc(-c3nc(N4CCN(C(=O)CC5CC5)CC4)no3)cc21. The summed E-state index contributed by atoms with van der Waals surface area (Å²) < 4.78 is 7.55. The third kappa shape index (κ3) is 3.59. The molecule has 8 nitrogen and oxygen atoms in total. The van der Waals surface area contributed by atoms with Crippen LogP contribution in [0.25, 0.3) is 22.4 Å². The topological polar surface area (TPSA) is 80.3 Å². The van der Waals surface area contributed by atoms with Gasteiger partial charge >= 0.3 is 0 Å². The Morgan fingerprint density at radius 3 is 2.72 bits per heavy atom. The Hall–Kier alpha value is -2.90. The zero-order valence-corrected chi connectivity index (χ0v) is 16.9. The fraction of sp³-hybridized carbons (Fsp3) is 0.524. The van der Waals surface area contributed by atoms with Crippen LogP contribution in [0.2, 0.25) is 0 Å². The Morgan fingerprint density at radius 2 is 2.00 bits per heavy atom. The zero-order chi connectivity index (χ0) is 20.0. The smallest absolute Gasteiger partial charge is 0.266 e. The molecular weight excluding hydrogens is 368 g/mol. The van der Waals surface area contributed by atoms with Crippen molar-refractivity contribution < 1.29 is 9.32 Å². The van der Waals surface area contributed by atoms with Gasteiger partial charge in [0.2, 0.25) is 5.91 Å². The second-order valence-corrected chi connectivity index (χ2v) is 8.37. The van der Waals surface area contributed by atoms with Gasteiger partial charge in [0.15, 0.2) is 0 Å². The van der Waals surface area contributed by atoms with Crippen LogP contribution in [0.3, 0.4) is 0 Å². The minimum Gasteiger partial charge on any atom is -0.339 e. The van der Waals surface area contributed by atoms with Crippen LogP contribution in [0, 0.1) is 5.92 Å². The van der Waals surface area contributed by atoms with E-state index >= 15 is 0 Å². The summed E-state index contributed by atoms with van der Waals surface area (Å²) in [6, 6.07) is 6.35. The number of hydrogen-bond acceptors (Lipinski definition) is 6. The van der Waals surface area contributed by atoms with Gasteiger partial charge < -0.3 is 14.3 Å². The average molecular weight is 394 g/mol. The van der Waals surface area contributed by atoms with Crippen LogP contribution in [0.15, 0.2) is 28.9 Å². The standard InChI is InChI=1S/C21H26N6O2/c1-14(2)27-18-12-16(5-6-17(18)13-22-27)20-23-21(24-29-20)26-9-7-25(8-10-26)19(28)11-15-3-4-15/h5-6,12-15H,3-4,7-11H2,1-2H3. The van der Waals surface area contributed by atoms with Gasteiger partial charge in [-0.1, -0.05) is 6.07 Å². The summed E-state index contributed by atoms with van der Waals surface area (Å²) in [7, 11) is 0. The predicted octanol–water partition coefficient (Wildman–Crippen LogP) is 3.12. The Bertz CT molecular complexity index is 1030. The molecule has 29 heavy (non-hydrogen) atoms. The van der Waals surface area contributed by atoms with Crippen molar-refractivity contribution in [2.45, 2.75) is 39.2 Å². The van der Waals surface area contributed by atoms with E-state index in [4.69, 9.17) is 4.52 Å². The summed E-state index contributed by atoms with van der Waals surface area (Å²) in [5, 5.41) is 9.74. The fourth-order valence-corrected chi connectivity index (χ4v) is 3.90. The molecule has 3 aromatic rings. The number of benzene rings is 1. The first-order valence-electron chi connectivity index (χ1n) is 10.4. The minimum atomic E-state index is 0.278. The van der Waals surface area contributed by atoms with Crippen LogP contribution in [-0.4, -0.2) is 56.9 Å². The molecule has 2 fully saturated rings. The van der Waals surface area contributed by atoms with Crippen molar-refractivity contribution in [1.82, 2.24) is 24.8 Å². The number of nitrogens with zero attached hydrogens (tertiary/aromatic N) is 6. The molecule has 0 unspecified atom stereocenters. The summed E-state index contributed by atoms with van der Waals surface area (Å²) >= 11 is 0.